The van der Waals surface area contributed by atoms with Crippen LogP contribution < -0.4 is 10.9 Å². The lowest BCUT2D eigenvalue weighted by Gasteiger charge is -2.23. The van der Waals surface area contributed by atoms with Crippen LogP contribution in [0.15, 0.2) is 53.5 Å². The zero-order valence-corrected chi connectivity index (χ0v) is 15.0. The van der Waals surface area contributed by atoms with E-state index in [0.717, 1.165) is 17.0 Å². The van der Waals surface area contributed by atoms with Gasteiger partial charge in [-0.1, -0.05) is 29.8 Å². The number of hydrogen-bond acceptors (Lipinski definition) is 3. The van der Waals surface area contributed by atoms with Crippen LogP contribution in [0, 0.1) is 5.82 Å². The Labute approximate surface area is 159 Å². The number of aromatic amines is 1. The van der Waals surface area contributed by atoms with Gasteiger partial charge in [0.25, 0.3) is 5.56 Å². The van der Waals surface area contributed by atoms with E-state index < -0.39 is 11.8 Å². The number of carbonyl (C=O) groups excluding carboxylic acids is 1. The van der Waals surface area contributed by atoms with Gasteiger partial charge in [-0.15, -0.1) is 0 Å². The summed E-state index contributed by atoms with van der Waals surface area (Å²) in [6.45, 7) is 0.00566. The van der Waals surface area contributed by atoms with Gasteiger partial charge >= 0.3 is 6.03 Å². The quantitative estimate of drug-likeness (QED) is 0.625. The summed E-state index contributed by atoms with van der Waals surface area (Å²) in [5, 5.41) is 13.1. The van der Waals surface area contributed by atoms with Crippen LogP contribution in [0.5, 0.6) is 0 Å². The van der Waals surface area contributed by atoms with Crippen molar-refractivity contribution in [3.05, 3.63) is 75.4 Å². The first-order valence-electron chi connectivity index (χ1n) is 8.20. The standard InChI is InChI=1S/C19H17ClFN3O3/c20-16-9-13(5-6-17(16)21)23-19(27)24(7-8-25)11-12-10-22-18(26)15-4-2-1-3-14(12)15/h1-6,9-10,25H,7-8,11H2,(H,22,26)(H,23,27). The molecule has 3 rings (SSSR count). The predicted octanol–water partition coefficient (Wildman–Crippen LogP) is 3.35. The number of aliphatic hydroxyl groups is 1. The number of rotatable bonds is 5. The number of halogens is 2. The Morgan fingerprint density at radius 1 is 1.22 bits per heavy atom. The number of H-pyrrole nitrogens is 1. The molecule has 27 heavy (non-hydrogen) atoms. The third-order valence-corrected chi connectivity index (χ3v) is 4.37. The van der Waals surface area contributed by atoms with Gasteiger partial charge in [0.05, 0.1) is 11.6 Å². The smallest absolute Gasteiger partial charge is 0.322 e. The highest BCUT2D eigenvalue weighted by molar-refractivity contribution is 6.31. The molecule has 0 saturated heterocycles. The molecule has 0 saturated carbocycles. The second kappa shape index (κ2) is 8.20. The van der Waals surface area contributed by atoms with Crippen LogP contribution in [0.25, 0.3) is 10.8 Å². The number of benzene rings is 2. The van der Waals surface area contributed by atoms with E-state index in [-0.39, 0.29) is 30.3 Å². The van der Waals surface area contributed by atoms with Gasteiger partial charge in [0.1, 0.15) is 5.82 Å². The number of aromatic nitrogens is 1. The van der Waals surface area contributed by atoms with Crippen molar-refractivity contribution in [2.24, 2.45) is 0 Å². The molecule has 0 fully saturated rings. The van der Waals surface area contributed by atoms with E-state index in [1.807, 2.05) is 6.07 Å². The molecule has 2 aromatic carbocycles. The molecule has 2 amide bonds. The van der Waals surface area contributed by atoms with Gasteiger partial charge in [-0.3, -0.25) is 4.79 Å². The summed E-state index contributed by atoms with van der Waals surface area (Å²) in [5.41, 5.74) is 0.847. The normalized spacial score (nSPS) is 10.8. The first-order chi connectivity index (χ1) is 13.0. The predicted molar refractivity (Wildman–Crippen MR) is 102 cm³/mol. The van der Waals surface area contributed by atoms with Gasteiger partial charge < -0.3 is 20.3 Å². The van der Waals surface area contributed by atoms with Crippen molar-refractivity contribution in [2.45, 2.75) is 6.54 Å². The Kier molecular flexibility index (Phi) is 5.73. The average molecular weight is 390 g/mol. The minimum atomic E-state index is -0.582. The maximum absolute atomic E-state index is 13.3. The minimum Gasteiger partial charge on any atom is -0.395 e. The number of amides is 2. The molecular formula is C19H17ClFN3O3. The first kappa shape index (κ1) is 18.9. The Morgan fingerprint density at radius 2 is 1.96 bits per heavy atom. The first-order valence-corrected chi connectivity index (χ1v) is 8.58. The van der Waals surface area contributed by atoms with Gasteiger partial charge in [-0.05, 0) is 35.2 Å². The fourth-order valence-electron chi connectivity index (χ4n) is 2.76. The summed E-state index contributed by atoms with van der Waals surface area (Å²) in [5.74, 6) is -0.582. The van der Waals surface area contributed by atoms with Gasteiger partial charge in [0.15, 0.2) is 0 Å². The Morgan fingerprint density at radius 3 is 2.67 bits per heavy atom. The number of aliphatic hydroxyl groups excluding tert-OH is 1. The number of carbonyl (C=O) groups is 1. The van der Waals surface area contributed by atoms with E-state index >= 15 is 0 Å². The van der Waals surface area contributed by atoms with Gasteiger partial charge in [0.2, 0.25) is 0 Å². The summed E-state index contributed by atoms with van der Waals surface area (Å²) in [6, 6.07) is 10.4. The van der Waals surface area contributed by atoms with E-state index in [1.54, 1.807) is 24.4 Å². The van der Waals surface area contributed by atoms with Gasteiger partial charge in [-0.25, -0.2) is 9.18 Å². The Bertz CT molecular complexity index is 1040. The van der Waals surface area contributed by atoms with Crippen molar-refractivity contribution in [3.63, 3.8) is 0 Å². The van der Waals surface area contributed by atoms with Crippen molar-refractivity contribution in [1.82, 2.24) is 9.88 Å². The molecule has 0 aliphatic heterocycles. The lowest BCUT2D eigenvalue weighted by Crippen LogP contribution is -2.36. The molecule has 0 radical (unpaired) electrons. The fourth-order valence-corrected chi connectivity index (χ4v) is 2.94. The molecule has 1 aromatic heterocycles. The van der Waals surface area contributed by atoms with Crippen LogP contribution in [0.1, 0.15) is 5.56 Å². The number of nitrogens with zero attached hydrogens (tertiary/aromatic N) is 1. The van der Waals surface area contributed by atoms with Gasteiger partial charge in [-0.2, -0.15) is 0 Å². The topological polar surface area (TPSA) is 85.4 Å². The van der Waals surface area contributed by atoms with Crippen LogP contribution in [0.4, 0.5) is 14.9 Å². The lowest BCUT2D eigenvalue weighted by molar-refractivity contribution is 0.185. The average Bonchev–Trinajstić information content (AvgIpc) is 2.66. The van der Waals surface area contributed by atoms with Crippen LogP contribution in [-0.4, -0.2) is 34.2 Å². The number of fused-ring (bicyclic) bond motifs is 1. The van der Waals surface area contributed by atoms with E-state index in [0.29, 0.717) is 11.1 Å². The third kappa shape index (κ3) is 4.27. The molecule has 0 aliphatic rings. The second-order valence-corrected chi connectivity index (χ2v) is 6.30. The highest BCUT2D eigenvalue weighted by atomic mass is 35.5. The summed E-state index contributed by atoms with van der Waals surface area (Å²) in [4.78, 5) is 28.6. The van der Waals surface area contributed by atoms with Crippen molar-refractivity contribution < 1.29 is 14.3 Å². The molecule has 8 heteroatoms. The second-order valence-electron chi connectivity index (χ2n) is 5.89. The zero-order valence-electron chi connectivity index (χ0n) is 14.2. The van der Waals surface area contributed by atoms with Crippen LogP contribution in [0.2, 0.25) is 5.02 Å². The molecule has 0 aliphatic carbocycles. The van der Waals surface area contributed by atoms with E-state index in [4.69, 9.17) is 11.6 Å². The summed E-state index contributed by atoms with van der Waals surface area (Å²) >= 11 is 5.73. The van der Waals surface area contributed by atoms with Gasteiger partial charge in [0, 0.05) is 30.4 Å². The number of anilines is 1. The molecule has 1 heterocycles. The summed E-state index contributed by atoms with van der Waals surface area (Å²) < 4.78 is 13.3. The SMILES string of the molecule is O=C(Nc1ccc(F)c(Cl)c1)N(CCO)Cc1c[nH]c(=O)c2ccccc12. The molecule has 6 nitrogen and oxygen atoms in total. The van der Waals surface area contributed by atoms with Crippen LogP contribution in [0.3, 0.4) is 0 Å². The van der Waals surface area contributed by atoms with Crippen molar-refractivity contribution in [1.29, 1.82) is 0 Å². The summed E-state index contributed by atoms with van der Waals surface area (Å²) in [7, 11) is 0. The Hall–Kier alpha value is -2.90. The molecule has 0 unspecified atom stereocenters. The molecule has 3 aromatic rings. The molecule has 0 spiro atoms. The lowest BCUT2D eigenvalue weighted by atomic mass is 10.1. The highest BCUT2D eigenvalue weighted by Gasteiger charge is 2.16. The van der Waals surface area contributed by atoms with Crippen LogP contribution in [-0.2, 0) is 6.54 Å². The maximum atomic E-state index is 13.3. The van der Waals surface area contributed by atoms with Crippen molar-refractivity contribution in [2.75, 3.05) is 18.5 Å². The van der Waals surface area contributed by atoms with Crippen molar-refractivity contribution in [3.8, 4) is 0 Å². The van der Waals surface area contributed by atoms with Crippen molar-refractivity contribution >= 4 is 34.1 Å². The number of nitrogens with one attached hydrogen (secondary N) is 2. The molecule has 3 N–H and O–H groups in total. The minimum absolute atomic E-state index is 0.0776. The third-order valence-electron chi connectivity index (χ3n) is 4.08. The van der Waals surface area contributed by atoms with E-state index in [1.165, 1.54) is 17.0 Å². The largest absolute Gasteiger partial charge is 0.395 e. The molecule has 0 bridgehead atoms. The summed E-state index contributed by atoms with van der Waals surface area (Å²) in [6.07, 6.45) is 1.55. The maximum Gasteiger partial charge on any atom is 0.322 e. The zero-order chi connectivity index (χ0) is 19.4. The number of pyridine rings is 1. The van der Waals surface area contributed by atoms with E-state index in [9.17, 15) is 19.1 Å². The van der Waals surface area contributed by atoms with E-state index in [2.05, 4.69) is 10.3 Å². The molecule has 140 valence electrons. The fraction of sp³-hybridized carbons (Fsp3) is 0.158. The Balaban J connectivity index is 1.85. The van der Waals surface area contributed by atoms with Crippen LogP contribution >= 0.6 is 11.6 Å². The number of hydrogen-bond donors (Lipinski definition) is 3. The molecule has 0 atom stereocenters. The monoisotopic (exact) mass is 389 g/mol. The highest BCUT2D eigenvalue weighted by Crippen LogP contribution is 2.21. The molecular weight excluding hydrogens is 373 g/mol. The number of urea groups is 1.